The first-order valence-corrected chi connectivity index (χ1v) is 5.45. The van der Waals surface area contributed by atoms with Gasteiger partial charge in [0.2, 0.25) is 0 Å². The van der Waals surface area contributed by atoms with Crippen molar-refractivity contribution in [3.63, 3.8) is 0 Å². The van der Waals surface area contributed by atoms with Crippen molar-refractivity contribution in [3.8, 4) is 17.5 Å². The van der Waals surface area contributed by atoms with Crippen LogP contribution in [0.25, 0.3) is 17.0 Å². The third-order valence-electron chi connectivity index (χ3n) is 2.70. The molecule has 0 saturated heterocycles. The van der Waals surface area contributed by atoms with Crippen LogP contribution < -0.4 is 0 Å². The molecule has 0 fully saturated rings. The standard InChI is InChI=1S/C13H9N5/c1-9-2-3-11(16-7-9)12-4-5-15-13-10(6-14)8-17-18(12)13/h2-5,7-8H,1H3. The maximum atomic E-state index is 8.96. The molecule has 0 aliphatic carbocycles. The number of fused-ring (bicyclic) bond motifs is 1. The lowest BCUT2D eigenvalue weighted by atomic mass is 10.2. The Hall–Kier alpha value is -2.74. The Labute approximate surface area is 103 Å². The summed E-state index contributed by atoms with van der Waals surface area (Å²) in [7, 11) is 0. The van der Waals surface area contributed by atoms with Gasteiger partial charge in [-0.15, -0.1) is 0 Å². The second-order valence-electron chi connectivity index (χ2n) is 3.96. The Kier molecular flexibility index (Phi) is 2.27. The molecule has 0 aromatic carbocycles. The van der Waals surface area contributed by atoms with E-state index in [1.807, 2.05) is 25.1 Å². The number of hydrogen-bond donors (Lipinski definition) is 0. The van der Waals surface area contributed by atoms with Crippen LogP contribution >= 0.6 is 0 Å². The van der Waals surface area contributed by atoms with Gasteiger partial charge < -0.3 is 0 Å². The van der Waals surface area contributed by atoms with E-state index in [1.54, 1.807) is 16.9 Å². The first kappa shape index (κ1) is 10.4. The van der Waals surface area contributed by atoms with Crippen molar-refractivity contribution >= 4 is 5.65 Å². The van der Waals surface area contributed by atoms with Gasteiger partial charge in [-0.05, 0) is 24.6 Å². The highest BCUT2D eigenvalue weighted by atomic mass is 15.3. The fraction of sp³-hybridized carbons (Fsp3) is 0.0769. The van der Waals surface area contributed by atoms with Gasteiger partial charge in [-0.1, -0.05) is 6.07 Å². The van der Waals surface area contributed by atoms with Gasteiger partial charge in [-0.2, -0.15) is 10.4 Å². The molecule has 3 aromatic heterocycles. The highest BCUT2D eigenvalue weighted by Crippen LogP contribution is 2.18. The fourth-order valence-corrected chi connectivity index (χ4v) is 1.78. The van der Waals surface area contributed by atoms with Crippen LogP contribution in [-0.4, -0.2) is 19.6 Å². The minimum atomic E-state index is 0.462. The van der Waals surface area contributed by atoms with Crippen molar-refractivity contribution in [3.05, 3.63) is 47.9 Å². The predicted molar refractivity (Wildman–Crippen MR) is 65.7 cm³/mol. The SMILES string of the molecule is Cc1ccc(-c2ccnc3c(C#N)cnn23)nc1. The molecule has 0 spiro atoms. The minimum Gasteiger partial charge on any atom is -0.254 e. The van der Waals surface area contributed by atoms with E-state index in [-0.39, 0.29) is 0 Å². The van der Waals surface area contributed by atoms with Gasteiger partial charge in [0.25, 0.3) is 0 Å². The number of aromatic nitrogens is 4. The van der Waals surface area contributed by atoms with Crippen LogP contribution in [0.1, 0.15) is 11.1 Å². The molecule has 0 N–H and O–H groups in total. The molecular weight excluding hydrogens is 226 g/mol. The maximum Gasteiger partial charge on any atom is 0.173 e. The number of hydrogen-bond acceptors (Lipinski definition) is 4. The van der Waals surface area contributed by atoms with Crippen molar-refractivity contribution < 1.29 is 0 Å². The smallest absolute Gasteiger partial charge is 0.173 e. The normalized spacial score (nSPS) is 10.4. The van der Waals surface area contributed by atoms with Crippen molar-refractivity contribution in [2.24, 2.45) is 0 Å². The van der Waals surface area contributed by atoms with Crippen LogP contribution in [0, 0.1) is 18.3 Å². The third-order valence-corrected chi connectivity index (χ3v) is 2.70. The third kappa shape index (κ3) is 1.52. The van der Waals surface area contributed by atoms with Gasteiger partial charge >= 0.3 is 0 Å². The molecule has 0 radical (unpaired) electrons. The lowest BCUT2D eigenvalue weighted by Crippen LogP contribution is -1.97. The first-order chi connectivity index (χ1) is 8.79. The van der Waals surface area contributed by atoms with Gasteiger partial charge in [0.05, 0.1) is 17.6 Å². The van der Waals surface area contributed by atoms with E-state index in [0.29, 0.717) is 11.2 Å². The zero-order valence-electron chi connectivity index (χ0n) is 9.70. The van der Waals surface area contributed by atoms with Crippen LogP contribution in [0.5, 0.6) is 0 Å². The number of aryl methyl sites for hydroxylation is 1. The summed E-state index contributed by atoms with van der Waals surface area (Å²) in [6, 6.07) is 7.82. The molecule has 0 atom stereocenters. The van der Waals surface area contributed by atoms with Crippen molar-refractivity contribution in [2.75, 3.05) is 0 Å². The molecule has 18 heavy (non-hydrogen) atoms. The van der Waals surface area contributed by atoms with E-state index < -0.39 is 0 Å². The number of pyridine rings is 1. The van der Waals surface area contributed by atoms with Gasteiger partial charge in [-0.3, -0.25) is 4.98 Å². The summed E-state index contributed by atoms with van der Waals surface area (Å²) in [5.74, 6) is 0. The Morgan fingerprint density at radius 2 is 2.06 bits per heavy atom. The van der Waals surface area contributed by atoms with Gasteiger partial charge in [-0.25, -0.2) is 9.50 Å². The van der Waals surface area contributed by atoms with E-state index in [1.165, 1.54) is 6.20 Å². The van der Waals surface area contributed by atoms with Crippen molar-refractivity contribution in [1.82, 2.24) is 19.6 Å². The van der Waals surface area contributed by atoms with Crippen molar-refractivity contribution in [2.45, 2.75) is 6.92 Å². The summed E-state index contributed by atoms with van der Waals surface area (Å²) in [6.07, 6.45) is 4.98. The number of nitriles is 1. The summed E-state index contributed by atoms with van der Waals surface area (Å²) in [6.45, 7) is 1.99. The topological polar surface area (TPSA) is 66.9 Å². The van der Waals surface area contributed by atoms with Crippen LogP contribution in [0.15, 0.2) is 36.8 Å². The molecule has 3 rings (SSSR count). The van der Waals surface area contributed by atoms with E-state index in [9.17, 15) is 0 Å². The highest BCUT2D eigenvalue weighted by molar-refractivity contribution is 5.62. The summed E-state index contributed by atoms with van der Waals surface area (Å²) < 4.78 is 1.64. The molecular formula is C13H9N5. The molecule has 0 aliphatic rings. The largest absolute Gasteiger partial charge is 0.254 e. The average Bonchev–Trinajstić information content (AvgIpc) is 2.82. The lowest BCUT2D eigenvalue weighted by molar-refractivity contribution is 0.941. The summed E-state index contributed by atoms with van der Waals surface area (Å²) >= 11 is 0. The predicted octanol–water partition coefficient (Wildman–Crippen LogP) is 1.97. The Balaban J connectivity index is 2.27. The van der Waals surface area contributed by atoms with Gasteiger partial charge in [0.1, 0.15) is 11.6 Å². The lowest BCUT2D eigenvalue weighted by Gasteiger charge is -2.03. The summed E-state index contributed by atoms with van der Waals surface area (Å²) in [4.78, 5) is 8.53. The zero-order valence-corrected chi connectivity index (χ0v) is 9.70. The Morgan fingerprint density at radius 1 is 1.17 bits per heavy atom. The van der Waals surface area contributed by atoms with Gasteiger partial charge in [0, 0.05) is 12.4 Å². The van der Waals surface area contributed by atoms with E-state index >= 15 is 0 Å². The number of nitrogens with zero attached hydrogens (tertiary/aromatic N) is 5. The molecule has 5 heteroatoms. The molecule has 3 aromatic rings. The summed E-state index contributed by atoms with van der Waals surface area (Å²) in [5.41, 5.74) is 3.74. The Bertz CT molecular complexity index is 749. The molecule has 0 saturated carbocycles. The Morgan fingerprint density at radius 3 is 2.78 bits per heavy atom. The molecule has 0 bridgehead atoms. The monoisotopic (exact) mass is 235 g/mol. The maximum absolute atomic E-state index is 8.96. The second kappa shape index (κ2) is 3.93. The minimum absolute atomic E-state index is 0.462. The van der Waals surface area contributed by atoms with Gasteiger partial charge in [0.15, 0.2) is 5.65 Å². The van der Waals surface area contributed by atoms with Crippen LogP contribution in [0.3, 0.4) is 0 Å². The second-order valence-corrected chi connectivity index (χ2v) is 3.96. The molecule has 0 aliphatic heterocycles. The fourth-order valence-electron chi connectivity index (χ4n) is 1.78. The van der Waals surface area contributed by atoms with E-state index in [4.69, 9.17) is 5.26 Å². The first-order valence-electron chi connectivity index (χ1n) is 5.45. The zero-order chi connectivity index (χ0) is 12.5. The molecule has 0 amide bonds. The van der Waals surface area contributed by atoms with E-state index in [2.05, 4.69) is 21.1 Å². The highest BCUT2D eigenvalue weighted by Gasteiger charge is 2.10. The quantitative estimate of drug-likeness (QED) is 0.646. The molecule has 86 valence electrons. The van der Waals surface area contributed by atoms with Crippen LogP contribution in [0.2, 0.25) is 0 Å². The van der Waals surface area contributed by atoms with E-state index in [0.717, 1.165) is 17.0 Å². The van der Waals surface area contributed by atoms with Crippen LogP contribution in [-0.2, 0) is 0 Å². The number of rotatable bonds is 1. The average molecular weight is 235 g/mol. The van der Waals surface area contributed by atoms with Crippen LogP contribution in [0.4, 0.5) is 0 Å². The molecule has 5 nitrogen and oxygen atoms in total. The molecule has 3 heterocycles. The summed E-state index contributed by atoms with van der Waals surface area (Å²) in [5, 5.41) is 13.1. The molecule has 0 unspecified atom stereocenters. The van der Waals surface area contributed by atoms with Crippen molar-refractivity contribution in [1.29, 1.82) is 5.26 Å².